The Kier molecular flexibility index (Phi) is 3.81. The van der Waals surface area contributed by atoms with Crippen molar-refractivity contribution in [1.82, 2.24) is 4.90 Å². The van der Waals surface area contributed by atoms with Gasteiger partial charge in [0.1, 0.15) is 0 Å². The van der Waals surface area contributed by atoms with Crippen LogP contribution in [0.1, 0.15) is 44.9 Å². The van der Waals surface area contributed by atoms with Gasteiger partial charge in [0.2, 0.25) is 5.91 Å². The first-order valence-electron chi connectivity index (χ1n) is 6.29. The lowest BCUT2D eigenvalue weighted by Gasteiger charge is -2.27. The molecule has 2 rings (SSSR count). The van der Waals surface area contributed by atoms with E-state index in [0.29, 0.717) is 12.3 Å². The van der Waals surface area contributed by atoms with Gasteiger partial charge < -0.3 is 4.90 Å². The van der Waals surface area contributed by atoms with Crippen LogP contribution in [0, 0.1) is 5.92 Å². The van der Waals surface area contributed by atoms with Gasteiger partial charge >= 0.3 is 0 Å². The molecule has 1 heterocycles. The van der Waals surface area contributed by atoms with Gasteiger partial charge in [-0.05, 0) is 12.3 Å². The number of hydrogen-bond donors (Lipinski definition) is 0. The molecule has 0 unspecified atom stereocenters. The molecule has 0 atom stereocenters. The van der Waals surface area contributed by atoms with Gasteiger partial charge in [0.05, 0.1) is 0 Å². The van der Waals surface area contributed by atoms with E-state index >= 15 is 0 Å². The zero-order valence-corrected chi connectivity index (χ0v) is 9.45. The minimum absolute atomic E-state index is 0.313. The van der Waals surface area contributed by atoms with Crippen molar-refractivity contribution in [1.29, 1.82) is 0 Å². The molecule has 1 aliphatic heterocycles. The first-order valence-corrected chi connectivity index (χ1v) is 6.29. The number of hydrogen-bond acceptors (Lipinski definition) is 1. The van der Waals surface area contributed by atoms with Crippen molar-refractivity contribution in [2.75, 3.05) is 13.1 Å². The Balaban J connectivity index is 1.72. The van der Waals surface area contributed by atoms with Gasteiger partial charge in [-0.15, -0.1) is 0 Å². The fourth-order valence-electron chi connectivity index (χ4n) is 2.65. The van der Waals surface area contributed by atoms with Crippen molar-refractivity contribution in [3.63, 3.8) is 0 Å². The van der Waals surface area contributed by atoms with Crippen LogP contribution in [0.3, 0.4) is 0 Å². The highest BCUT2D eigenvalue weighted by atomic mass is 16.2. The van der Waals surface area contributed by atoms with Crippen LogP contribution in [-0.2, 0) is 4.79 Å². The molecule has 2 nitrogen and oxygen atoms in total. The molecule has 0 bridgehead atoms. The lowest BCUT2D eigenvalue weighted by atomic mass is 9.87. The molecule has 0 aromatic rings. The van der Waals surface area contributed by atoms with Crippen LogP contribution in [-0.4, -0.2) is 23.9 Å². The molecule has 1 aliphatic carbocycles. The van der Waals surface area contributed by atoms with Crippen molar-refractivity contribution >= 4 is 5.91 Å². The molecule has 1 amide bonds. The summed E-state index contributed by atoms with van der Waals surface area (Å²) in [4.78, 5) is 13.6. The van der Waals surface area contributed by atoms with Crippen molar-refractivity contribution in [3.05, 3.63) is 12.2 Å². The highest BCUT2D eigenvalue weighted by Gasteiger charge is 2.18. The van der Waals surface area contributed by atoms with E-state index in [-0.39, 0.29) is 0 Å². The lowest BCUT2D eigenvalue weighted by Crippen LogP contribution is -2.34. The Bertz CT molecular complexity index is 241. The van der Waals surface area contributed by atoms with E-state index in [1.165, 1.54) is 38.5 Å². The van der Waals surface area contributed by atoms with Gasteiger partial charge in [-0.25, -0.2) is 0 Å². The third-order valence-electron chi connectivity index (χ3n) is 3.67. The SMILES string of the molecule is O=C1CC=CCN1CCC1CCCCC1. The summed E-state index contributed by atoms with van der Waals surface area (Å²) in [5, 5.41) is 0. The topological polar surface area (TPSA) is 20.3 Å². The summed E-state index contributed by atoms with van der Waals surface area (Å²) in [7, 11) is 0. The van der Waals surface area contributed by atoms with E-state index in [2.05, 4.69) is 6.08 Å². The molecule has 2 heteroatoms. The molecule has 0 aromatic heterocycles. The average Bonchev–Trinajstić information content (AvgIpc) is 2.29. The second kappa shape index (κ2) is 5.34. The summed E-state index contributed by atoms with van der Waals surface area (Å²) in [6.45, 7) is 1.82. The fourth-order valence-corrected chi connectivity index (χ4v) is 2.65. The number of carbonyl (C=O) groups is 1. The Labute approximate surface area is 92.3 Å². The van der Waals surface area contributed by atoms with Gasteiger partial charge in [0, 0.05) is 19.5 Å². The molecule has 15 heavy (non-hydrogen) atoms. The number of rotatable bonds is 3. The van der Waals surface area contributed by atoms with E-state index in [1.54, 1.807) is 0 Å². The molecule has 2 aliphatic rings. The zero-order valence-electron chi connectivity index (χ0n) is 9.45. The summed E-state index contributed by atoms with van der Waals surface area (Å²) in [6.07, 6.45) is 12.9. The molecule has 1 fully saturated rings. The van der Waals surface area contributed by atoms with Crippen LogP contribution in [0.4, 0.5) is 0 Å². The second-order valence-corrected chi connectivity index (χ2v) is 4.81. The standard InChI is InChI=1S/C13H21NO/c15-13-8-4-5-10-14(13)11-9-12-6-2-1-3-7-12/h4-5,12H,1-3,6-11H2. The van der Waals surface area contributed by atoms with Gasteiger partial charge in [-0.2, -0.15) is 0 Å². The smallest absolute Gasteiger partial charge is 0.226 e. The van der Waals surface area contributed by atoms with Crippen LogP contribution >= 0.6 is 0 Å². The number of nitrogens with zero attached hydrogens (tertiary/aromatic N) is 1. The molecule has 0 N–H and O–H groups in total. The number of carbonyl (C=O) groups excluding carboxylic acids is 1. The third-order valence-corrected chi connectivity index (χ3v) is 3.67. The van der Waals surface area contributed by atoms with Crippen LogP contribution in [0.2, 0.25) is 0 Å². The van der Waals surface area contributed by atoms with E-state index in [9.17, 15) is 4.79 Å². The quantitative estimate of drug-likeness (QED) is 0.652. The van der Waals surface area contributed by atoms with Crippen molar-refractivity contribution in [3.8, 4) is 0 Å². The summed E-state index contributed by atoms with van der Waals surface area (Å²) < 4.78 is 0. The minimum Gasteiger partial charge on any atom is -0.339 e. The van der Waals surface area contributed by atoms with Gasteiger partial charge in [-0.1, -0.05) is 44.3 Å². The van der Waals surface area contributed by atoms with Gasteiger partial charge in [0.15, 0.2) is 0 Å². The fraction of sp³-hybridized carbons (Fsp3) is 0.769. The highest BCUT2D eigenvalue weighted by molar-refractivity contribution is 5.78. The zero-order chi connectivity index (χ0) is 10.5. The maximum absolute atomic E-state index is 11.5. The Hall–Kier alpha value is -0.790. The summed E-state index contributed by atoms with van der Waals surface area (Å²) in [5.74, 6) is 1.20. The monoisotopic (exact) mass is 207 g/mol. The first-order chi connectivity index (χ1) is 7.36. The summed E-state index contributed by atoms with van der Waals surface area (Å²) >= 11 is 0. The Morgan fingerprint density at radius 3 is 2.73 bits per heavy atom. The molecule has 1 saturated carbocycles. The molecule has 0 aromatic carbocycles. The molecule has 84 valence electrons. The lowest BCUT2D eigenvalue weighted by molar-refractivity contribution is -0.130. The summed E-state index contributed by atoms with van der Waals surface area (Å²) in [5.41, 5.74) is 0. The average molecular weight is 207 g/mol. The van der Waals surface area contributed by atoms with Crippen molar-refractivity contribution in [2.24, 2.45) is 5.92 Å². The van der Waals surface area contributed by atoms with Crippen molar-refractivity contribution in [2.45, 2.75) is 44.9 Å². The third kappa shape index (κ3) is 3.08. The van der Waals surface area contributed by atoms with Crippen molar-refractivity contribution < 1.29 is 4.79 Å². The highest BCUT2D eigenvalue weighted by Crippen LogP contribution is 2.26. The van der Waals surface area contributed by atoms with Crippen LogP contribution in [0.5, 0.6) is 0 Å². The van der Waals surface area contributed by atoms with Crippen LogP contribution in [0.15, 0.2) is 12.2 Å². The molecule has 0 radical (unpaired) electrons. The molecule has 0 spiro atoms. The summed E-state index contributed by atoms with van der Waals surface area (Å²) in [6, 6.07) is 0. The second-order valence-electron chi connectivity index (χ2n) is 4.81. The van der Waals surface area contributed by atoms with Gasteiger partial charge in [-0.3, -0.25) is 4.79 Å². The largest absolute Gasteiger partial charge is 0.339 e. The molecular weight excluding hydrogens is 186 g/mol. The predicted octanol–water partition coefficient (Wildman–Crippen LogP) is 2.75. The van der Waals surface area contributed by atoms with Gasteiger partial charge in [0.25, 0.3) is 0 Å². The number of amides is 1. The van der Waals surface area contributed by atoms with Crippen LogP contribution < -0.4 is 0 Å². The first kappa shape index (κ1) is 10.7. The maximum atomic E-state index is 11.5. The van der Waals surface area contributed by atoms with E-state index in [1.807, 2.05) is 11.0 Å². The van der Waals surface area contributed by atoms with Crippen LogP contribution in [0.25, 0.3) is 0 Å². The van der Waals surface area contributed by atoms with E-state index < -0.39 is 0 Å². The van der Waals surface area contributed by atoms with E-state index in [4.69, 9.17) is 0 Å². The molecule has 0 saturated heterocycles. The maximum Gasteiger partial charge on any atom is 0.226 e. The minimum atomic E-state index is 0.313. The Morgan fingerprint density at radius 2 is 2.00 bits per heavy atom. The Morgan fingerprint density at radius 1 is 1.20 bits per heavy atom. The van der Waals surface area contributed by atoms with E-state index in [0.717, 1.165) is 19.0 Å². The molecular formula is C13H21NO. The predicted molar refractivity (Wildman–Crippen MR) is 61.5 cm³/mol. The normalized spacial score (nSPS) is 23.5.